The highest BCUT2D eigenvalue weighted by Crippen LogP contribution is 2.40. The summed E-state index contributed by atoms with van der Waals surface area (Å²) in [6.07, 6.45) is 0. The molecule has 2 atom stereocenters. The van der Waals surface area contributed by atoms with Crippen LogP contribution in [0.2, 0.25) is 0 Å². The number of ether oxygens (including phenoxy) is 1. The molecule has 7 nitrogen and oxygen atoms in total. The van der Waals surface area contributed by atoms with Crippen molar-refractivity contribution in [2.24, 2.45) is 25.0 Å². The molecule has 0 aliphatic carbocycles. The van der Waals surface area contributed by atoms with Crippen LogP contribution >= 0.6 is 15.9 Å². The second-order valence-electron chi connectivity index (χ2n) is 6.23. The van der Waals surface area contributed by atoms with Crippen molar-refractivity contribution in [1.82, 2.24) is 9.13 Å². The summed E-state index contributed by atoms with van der Waals surface area (Å²) >= 11 is 3.43. The second kappa shape index (κ2) is 6.68. The number of methoxy groups -OCH3 is 1. The van der Waals surface area contributed by atoms with Crippen LogP contribution in [-0.4, -0.2) is 27.9 Å². The Morgan fingerprint density at radius 3 is 2.54 bits per heavy atom. The Balaban J connectivity index is 2.43. The van der Waals surface area contributed by atoms with Gasteiger partial charge in [0.2, 0.25) is 0 Å². The molecule has 0 bridgehead atoms. The summed E-state index contributed by atoms with van der Waals surface area (Å²) in [5.41, 5.74) is 0.653. The number of halogens is 1. The molecule has 8 heteroatoms. The number of carbonyl (C=O) groups is 1. The van der Waals surface area contributed by atoms with E-state index in [1.54, 1.807) is 14.0 Å². The maximum absolute atomic E-state index is 12.9. The van der Waals surface area contributed by atoms with Crippen molar-refractivity contribution in [3.05, 3.63) is 60.7 Å². The van der Waals surface area contributed by atoms with Gasteiger partial charge in [-0.15, -0.1) is 0 Å². The third kappa shape index (κ3) is 2.74. The first kappa shape index (κ1) is 18.3. The molecule has 0 N–H and O–H groups in total. The molecular weight excluding hydrogens is 402 g/mol. The molecule has 0 saturated carbocycles. The molecule has 1 aromatic heterocycles. The summed E-state index contributed by atoms with van der Waals surface area (Å²) in [5.74, 6) is -1.54. The maximum atomic E-state index is 12.9. The smallest absolute Gasteiger partial charge is 0.332 e. The van der Waals surface area contributed by atoms with Crippen LogP contribution in [-0.2, 0) is 23.6 Å². The number of hydrogen-bond acceptors (Lipinski definition) is 5. The SMILES string of the molecule is COC(=O)C1C(C)=Nc2c(c(=O)n(C)c(=O)n2C)C1c1cccc(Br)c1. The topological polar surface area (TPSA) is 82.7 Å². The van der Waals surface area contributed by atoms with E-state index in [2.05, 4.69) is 20.9 Å². The minimum absolute atomic E-state index is 0.278. The molecular formula is C18H18BrN3O4. The van der Waals surface area contributed by atoms with Crippen molar-refractivity contribution in [3.8, 4) is 0 Å². The largest absolute Gasteiger partial charge is 0.468 e. The minimum atomic E-state index is -0.744. The van der Waals surface area contributed by atoms with Gasteiger partial charge in [0.25, 0.3) is 5.56 Å². The van der Waals surface area contributed by atoms with Gasteiger partial charge in [0, 0.05) is 30.2 Å². The van der Waals surface area contributed by atoms with Crippen LogP contribution in [0.1, 0.15) is 24.0 Å². The molecule has 26 heavy (non-hydrogen) atoms. The van der Waals surface area contributed by atoms with Gasteiger partial charge in [-0.1, -0.05) is 28.1 Å². The zero-order chi connectivity index (χ0) is 19.2. The van der Waals surface area contributed by atoms with Crippen molar-refractivity contribution in [1.29, 1.82) is 0 Å². The van der Waals surface area contributed by atoms with E-state index >= 15 is 0 Å². The number of benzene rings is 1. The van der Waals surface area contributed by atoms with Crippen molar-refractivity contribution in [2.75, 3.05) is 7.11 Å². The predicted octanol–water partition coefficient (Wildman–Crippen LogP) is 1.87. The van der Waals surface area contributed by atoms with E-state index in [-0.39, 0.29) is 5.82 Å². The zero-order valence-corrected chi connectivity index (χ0v) is 16.4. The summed E-state index contributed by atoms with van der Waals surface area (Å²) < 4.78 is 8.16. The number of esters is 1. The van der Waals surface area contributed by atoms with Crippen molar-refractivity contribution < 1.29 is 9.53 Å². The summed E-state index contributed by atoms with van der Waals surface area (Å²) in [6.45, 7) is 1.71. The first-order valence-electron chi connectivity index (χ1n) is 7.96. The van der Waals surface area contributed by atoms with Crippen molar-refractivity contribution >= 4 is 33.4 Å². The Labute approximate surface area is 158 Å². The monoisotopic (exact) mass is 419 g/mol. The van der Waals surface area contributed by atoms with Crippen LogP contribution in [0.15, 0.2) is 43.3 Å². The normalized spacial score (nSPS) is 18.9. The standard InChI is InChI=1S/C18H18BrN3O4/c1-9-12(17(24)26-4)13(10-6-5-7-11(19)8-10)14-15(20-9)21(2)18(25)22(3)16(14)23/h5-8,12-13H,1-4H3. The van der Waals surface area contributed by atoms with E-state index in [9.17, 15) is 14.4 Å². The third-order valence-electron chi connectivity index (χ3n) is 4.71. The van der Waals surface area contributed by atoms with Gasteiger partial charge in [-0.25, -0.2) is 9.79 Å². The molecule has 0 fully saturated rings. The van der Waals surface area contributed by atoms with Gasteiger partial charge in [0.05, 0.1) is 12.7 Å². The lowest BCUT2D eigenvalue weighted by Crippen LogP contribution is -2.44. The minimum Gasteiger partial charge on any atom is -0.468 e. The highest BCUT2D eigenvalue weighted by molar-refractivity contribution is 9.10. The molecule has 1 aromatic carbocycles. The lowest BCUT2D eigenvalue weighted by atomic mass is 9.77. The van der Waals surface area contributed by atoms with Gasteiger partial charge in [-0.3, -0.25) is 18.7 Å². The van der Waals surface area contributed by atoms with Crippen molar-refractivity contribution in [3.63, 3.8) is 0 Å². The van der Waals surface area contributed by atoms with E-state index in [1.807, 2.05) is 24.3 Å². The van der Waals surface area contributed by atoms with Gasteiger partial charge in [-0.2, -0.15) is 0 Å². The molecule has 1 aliphatic heterocycles. The van der Waals surface area contributed by atoms with Gasteiger partial charge in [0.15, 0.2) is 0 Å². The van der Waals surface area contributed by atoms with E-state index in [1.165, 1.54) is 18.7 Å². The molecule has 0 radical (unpaired) electrons. The quantitative estimate of drug-likeness (QED) is 0.695. The molecule has 0 amide bonds. The number of aliphatic imine (C=N–C) groups is 1. The Hall–Kier alpha value is -2.48. The van der Waals surface area contributed by atoms with Crippen molar-refractivity contribution in [2.45, 2.75) is 12.8 Å². The molecule has 2 heterocycles. The van der Waals surface area contributed by atoms with Gasteiger partial charge < -0.3 is 4.74 Å². The van der Waals surface area contributed by atoms with Gasteiger partial charge in [-0.05, 0) is 24.6 Å². The van der Waals surface area contributed by atoms with E-state index in [0.717, 1.165) is 14.6 Å². The molecule has 2 aromatic rings. The Morgan fingerprint density at radius 1 is 1.23 bits per heavy atom. The number of hydrogen-bond donors (Lipinski definition) is 0. The van der Waals surface area contributed by atoms with Crippen LogP contribution in [0.3, 0.4) is 0 Å². The fraction of sp³-hybridized carbons (Fsp3) is 0.333. The molecule has 0 spiro atoms. The van der Waals surface area contributed by atoms with Crippen LogP contribution < -0.4 is 11.2 Å². The van der Waals surface area contributed by atoms with E-state index in [0.29, 0.717) is 11.3 Å². The summed E-state index contributed by atoms with van der Waals surface area (Å²) in [5, 5.41) is 0. The molecule has 3 rings (SSSR count). The average molecular weight is 420 g/mol. The summed E-state index contributed by atoms with van der Waals surface area (Å²) in [7, 11) is 4.29. The highest BCUT2D eigenvalue weighted by Gasteiger charge is 2.41. The number of nitrogens with zero attached hydrogens (tertiary/aromatic N) is 3. The average Bonchev–Trinajstić information content (AvgIpc) is 2.63. The Bertz CT molecular complexity index is 1050. The Kier molecular flexibility index (Phi) is 4.70. The lowest BCUT2D eigenvalue weighted by Gasteiger charge is -2.31. The molecule has 0 saturated heterocycles. The van der Waals surface area contributed by atoms with Crippen LogP contribution in [0.4, 0.5) is 5.82 Å². The second-order valence-corrected chi connectivity index (χ2v) is 7.15. The first-order valence-corrected chi connectivity index (χ1v) is 8.75. The third-order valence-corrected chi connectivity index (χ3v) is 5.20. The van der Waals surface area contributed by atoms with Crippen LogP contribution in [0, 0.1) is 5.92 Å². The Morgan fingerprint density at radius 2 is 1.92 bits per heavy atom. The van der Waals surface area contributed by atoms with E-state index in [4.69, 9.17) is 4.74 Å². The molecule has 136 valence electrons. The predicted molar refractivity (Wildman–Crippen MR) is 101 cm³/mol. The number of rotatable bonds is 2. The van der Waals surface area contributed by atoms with E-state index < -0.39 is 29.1 Å². The number of fused-ring (bicyclic) bond motifs is 1. The number of aromatic nitrogens is 2. The molecule has 1 aliphatic rings. The lowest BCUT2D eigenvalue weighted by molar-refractivity contribution is -0.143. The summed E-state index contributed by atoms with van der Waals surface area (Å²) in [6, 6.07) is 7.40. The van der Waals surface area contributed by atoms with Crippen LogP contribution in [0.25, 0.3) is 0 Å². The molecule has 2 unspecified atom stereocenters. The fourth-order valence-electron chi connectivity index (χ4n) is 3.40. The van der Waals surface area contributed by atoms with Gasteiger partial charge >= 0.3 is 11.7 Å². The maximum Gasteiger partial charge on any atom is 0.332 e. The first-order chi connectivity index (χ1) is 12.3. The van der Waals surface area contributed by atoms with Crippen LogP contribution in [0.5, 0.6) is 0 Å². The van der Waals surface area contributed by atoms with Gasteiger partial charge in [0.1, 0.15) is 11.7 Å². The zero-order valence-electron chi connectivity index (χ0n) is 14.8. The number of carbonyl (C=O) groups excluding carboxylic acids is 1. The summed E-state index contributed by atoms with van der Waals surface area (Å²) in [4.78, 5) is 42.2. The fourth-order valence-corrected chi connectivity index (χ4v) is 3.82. The highest BCUT2D eigenvalue weighted by atomic mass is 79.9.